The van der Waals surface area contributed by atoms with Gasteiger partial charge in [-0.15, -0.1) is 10.2 Å². The van der Waals surface area contributed by atoms with Gasteiger partial charge in [0, 0.05) is 13.0 Å². The van der Waals surface area contributed by atoms with E-state index in [0.29, 0.717) is 30.7 Å². The van der Waals surface area contributed by atoms with E-state index in [1.54, 1.807) is 0 Å². The minimum absolute atomic E-state index is 0.318. The van der Waals surface area contributed by atoms with Crippen molar-refractivity contribution in [1.82, 2.24) is 25.5 Å². The van der Waals surface area contributed by atoms with Gasteiger partial charge in [-0.1, -0.05) is 36.4 Å². The van der Waals surface area contributed by atoms with E-state index in [1.807, 2.05) is 24.3 Å². The Morgan fingerprint density at radius 3 is 2.88 bits per heavy atom. The van der Waals surface area contributed by atoms with Crippen LogP contribution in [-0.4, -0.2) is 32.8 Å². The molecule has 1 aromatic carbocycles. The number of nitrogens with zero attached hydrogens (tertiary/aromatic N) is 3. The molecule has 124 valence electrons. The van der Waals surface area contributed by atoms with Crippen LogP contribution in [-0.2, 0) is 12.8 Å². The van der Waals surface area contributed by atoms with Crippen LogP contribution in [0.1, 0.15) is 17.6 Å². The molecular weight excluding hydrogens is 314 g/mol. The second kappa shape index (κ2) is 5.82. The second-order valence-electron chi connectivity index (χ2n) is 6.31. The standard InChI is InChI=1S/C19H17N5O/c1-2-6-14-13(5-1)12(11-20-14)9-18-23-24-19(25-18)10-17-21-15-7-3-4-8-16(15)22-17/h1-8,14,20H,9-11H2,(H,21,22). The van der Waals surface area contributed by atoms with Crippen LogP contribution in [0.25, 0.3) is 11.0 Å². The zero-order chi connectivity index (χ0) is 16.6. The van der Waals surface area contributed by atoms with Gasteiger partial charge < -0.3 is 14.7 Å². The molecule has 25 heavy (non-hydrogen) atoms. The van der Waals surface area contributed by atoms with E-state index in [-0.39, 0.29) is 0 Å². The normalized spacial score (nSPS) is 19.1. The molecule has 0 spiro atoms. The number of aromatic amines is 1. The number of benzene rings is 1. The highest BCUT2D eigenvalue weighted by Gasteiger charge is 2.23. The van der Waals surface area contributed by atoms with Crippen LogP contribution in [0.4, 0.5) is 0 Å². The highest BCUT2D eigenvalue weighted by Crippen LogP contribution is 2.24. The number of H-pyrrole nitrogens is 1. The second-order valence-corrected chi connectivity index (χ2v) is 6.31. The van der Waals surface area contributed by atoms with Crippen molar-refractivity contribution in [3.8, 4) is 0 Å². The first-order chi connectivity index (χ1) is 12.3. The van der Waals surface area contributed by atoms with Crippen LogP contribution in [0.5, 0.6) is 0 Å². The lowest BCUT2D eigenvalue weighted by molar-refractivity contribution is 0.462. The van der Waals surface area contributed by atoms with Crippen LogP contribution in [0.3, 0.4) is 0 Å². The molecule has 0 amide bonds. The quantitative estimate of drug-likeness (QED) is 0.768. The van der Waals surface area contributed by atoms with E-state index in [1.165, 1.54) is 11.1 Å². The summed E-state index contributed by atoms with van der Waals surface area (Å²) in [7, 11) is 0. The Bertz CT molecular complexity index is 990. The SMILES string of the molecule is C1=CC2=C(Cc3nnc(Cc4nc5ccccc5[nH]4)o3)CNC2C=C1. The molecule has 1 aliphatic carbocycles. The molecule has 3 aromatic rings. The molecule has 1 aliphatic heterocycles. The maximum Gasteiger partial charge on any atom is 0.224 e. The summed E-state index contributed by atoms with van der Waals surface area (Å²) < 4.78 is 5.84. The molecule has 2 aromatic heterocycles. The Morgan fingerprint density at radius 2 is 1.96 bits per heavy atom. The molecule has 2 N–H and O–H groups in total. The van der Waals surface area contributed by atoms with Crippen molar-refractivity contribution in [3.63, 3.8) is 0 Å². The van der Waals surface area contributed by atoms with Crippen LogP contribution < -0.4 is 5.32 Å². The lowest BCUT2D eigenvalue weighted by atomic mass is 9.99. The number of para-hydroxylation sites is 2. The highest BCUT2D eigenvalue weighted by molar-refractivity contribution is 5.74. The van der Waals surface area contributed by atoms with E-state index in [2.05, 4.69) is 49.8 Å². The number of nitrogens with one attached hydrogen (secondary N) is 2. The first-order valence-electron chi connectivity index (χ1n) is 8.40. The first kappa shape index (κ1) is 14.4. The predicted molar refractivity (Wildman–Crippen MR) is 94.0 cm³/mol. The highest BCUT2D eigenvalue weighted by atomic mass is 16.4. The van der Waals surface area contributed by atoms with Gasteiger partial charge in [0.1, 0.15) is 5.82 Å². The van der Waals surface area contributed by atoms with Gasteiger partial charge in [-0.2, -0.15) is 0 Å². The summed E-state index contributed by atoms with van der Waals surface area (Å²) in [4.78, 5) is 7.84. The first-order valence-corrected chi connectivity index (χ1v) is 8.40. The van der Waals surface area contributed by atoms with Gasteiger partial charge in [0.2, 0.25) is 11.8 Å². The Morgan fingerprint density at radius 1 is 1.08 bits per heavy atom. The van der Waals surface area contributed by atoms with E-state index in [0.717, 1.165) is 23.4 Å². The Kier molecular flexibility index (Phi) is 3.34. The van der Waals surface area contributed by atoms with Gasteiger partial charge >= 0.3 is 0 Å². The molecule has 6 heteroatoms. The lowest BCUT2D eigenvalue weighted by Crippen LogP contribution is -2.22. The minimum Gasteiger partial charge on any atom is -0.424 e. The number of allylic oxidation sites excluding steroid dienone is 2. The molecule has 0 saturated carbocycles. The monoisotopic (exact) mass is 331 g/mol. The van der Waals surface area contributed by atoms with Crippen molar-refractivity contribution in [3.05, 3.63) is 77.3 Å². The van der Waals surface area contributed by atoms with E-state index < -0.39 is 0 Å². The van der Waals surface area contributed by atoms with Gasteiger partial charge in [0.25, 0.3) is 0 Å². The summed E-state index contributed by atoms with van der Waals surface area (Å²) in [5, 5.41) is 11.9. The van der Waals surface area contributed by atoms with Crippen molar-refractivity contribution < 1.29 is 4.42 Å². The zero-order valence-corrected chi connectivity index (χ0v) is 13.6. The average molecular weight is 331 g/mol. The Labute approximate surface area is 144 Å². The maximum atomic E-state index is 5.84. The number of rotatable bonds is 4. The molecule has 0 radical (unpaired) electrons. The summed E-state index contributed by atoms with van der Waals surface area (Å²) in [6.07, 6.45) is 9.66. The van der Waals surface area contributed by atoms with E-state index in [9.17, 15) is 0 Å². The van der Waals surface area contributed by atoms with Crippen LogP contribution in [0, 0.1) is 0 Å². The summed E-state index contributed by atoms with van der Waals surface area (Å²) in [6, 6.07) is 8.27. The maximum absolute atomic E-state index is 5.84. The number of hydrogen-bond donors (Lipinski definition) is 2. The van der Waals surface area contributed by atoms with Crippen molar-refractivity contribution in [2.45, 2.75) is 18.9 Å². The fraction of sp³-hybridized carbons (Fsp3) is 0.211. The van der Waals surface area contributed by atoms with Crippen LogP contribution in [0.15, 0.2) is 64.1 Å². The smallest absolute Gasteiger partial charge is 0.224 e. The van der Waals surface area contributed by atoms with Gasteiger partial charge in [-0.25, -0.2) is 4.98 Å². The summed E-state index contributed by atoms with van der Waals surface area (Å²) in [6.45, 7) is 0.857. The average Bonchev–Trinajstić information content (AvgIpc) is 3.34. The molecule has 1 unspecified atom stereocenters. The predicted octanol–water partition coefficient (Wildman–Crippen LogP) is 2.47. The van der Waals surface area contributed by atoms with Crippen LogP contribution in [0.2, 0.25) is 0 Å². The topological polar surface area (TPSA) is 79.6 Å². The third-order valence-electron chi connectivity index (χ3n) is 4.60. The van der Waals surface area contributed by atoms with Gasteiger partial charge in [0.05, 0.1) is 23.5 Å². The van der Waals surface area contributed by atoms with E-state index >= 15 is 0 Å². The molecule has 6 nitrogen and oxygen atoms in total. The Balaban J connectivity index is 1.34. The molecule has 3 heterocycles. The molecular formula is C19H17N5O. The summed E-state index contributed by atoms with van der Waals surface area (Å²) in [5.74, 6) is 2.07. The van der Waals surface area contributed by atoms with Gasteiger partial charge in [-0.3, -0.25) is 0 Å². The molecule has 0 bridgehead atoms. The Hall–Kier alpha value is -2.99. The molecule has 5 rings (SSSR count). The third kappa shape index (κ3) is 2.70. The molecule has 1 atom stereocenters. The molecule has 0 saturated heterocycles. The largest absolute Gasteiger partial charge is 0.424 e. The third-order valence-corrected chi connectivity index (χ3v) is 4.60. The van der Waals surface area contributed by atoms with Gasteiger partial charge in [-0.05, 0) is 23.3 Å². The number of aromatic nitrogens is 4. The fourth-order valence-electron chi connectivity index (χ4n) is 3.40. The van der Waals surface area contributed by atoms with Crippen molar-refractivity contribution in [1.29, 1.82) is 0 Å². The summed E-state index contributed by atoms with van der Waals surface area (Å²) >= 11 is 0. The van der Waals surface area contributed by atoms with Crippen molar-refractivity contribution in [2.75, 3.05) is 6.54 Å². The molecule has 0 fully saturated rings. The van der Waals surface area contributed by atoms with Crippen molar-refractivity contribution >= 4 is 11.0 Å². The number of hydrogen-bond acceptors (Lipinski definition) is 5. The van der Waals surface area contributed by atoms with Crippen molar-refractivity contribution in [2.24, 2.45) is 0 Å². The minimum atomic E-state index is 0.318. The number of fused-ring (bicyclic) bond motifs is 2. The lowest BCUT2D eigenvalue weighted by Gasteiger charge is -2.10. The van der Waals surface area contributed by atoms with E-state index in [4.69, 9.17) is 4.42 Å². The zero-order valence-electron chi connectivity index (χ0n) is 13.6. The fourth-order valence-corrected chi connectivity index (χ4v) is 3.40. The summed E-state index contributed by atoms with van der Waals surface area (Å²) in [5.41, 5.74) is 4.60. The molecule has 2 aliphatic rings. The number of imidazole rings is 1. The van der Waals surface area contributed by atoms with Gasteiger partial charge in [0.15, 0.2) is 0 Å². The van der Waals surface area contributed by atoms with Crippen LogP contribution >= 0.6 is 0 Å².